The molecule has 3 rings (SSSR count). The van der Waals surface area contributed by atoms with E-state index in [4.69, 9.17) is 0 Å². The summed E-state index contributed by atoms with van der Waals surface area (Å²) in [6.07, 6.45) is 0. The van der Waals surface area contributed by atoms with Gasteiger partial charge in [-0.2, -0.15) is 0 Å². The molecule has 1 fully saturated rings. The number of anilines is 2. The van der Waals surface area contributed by atoms with Crippen LogP contribution in [-0.2, 0) is 16.8 Å². The van der Waals surface area contributed by atoms with Crippen molar-refractivity contribution in [2.24, 2.45) is 0 Å². The zero-order chi connectivity index (χ0) is 17.9. The number of nitrogens with zero attached hydrogens (tertiary/aromatic N) is 2. The van der Waals surface area contributed by atoms with Crippen LogP contribution >= 0.6 is 0 Å². The van der Waals surface area contributed by atoms with Crippen molar-refractivity contribution in [1.82, 2.24) is 4.90 Å². The zero-order valence-corrected chi connectivity index (χ0v) is 17.4. The third-order valence-electron chi connectivity index (χ3n) is 4.14. The Morgan fingerprint density at radius 3 is 2.27 bits per heavy atom. The van der Waals surface area contributed by atoms with Crippen molar-refractivity contribution in [3.8, 4) is 0 Å². The first kappa shape index (κ1) is 21.1. The van der Waals surface area contributed by atoms with Gasteiger partial charge < -0.3 is 9.45 Å². The van der Waals surface area contributed by atoms with E-state index in [0.29, 0.717) is 0 Å². The summed E-state index contributed by atoms with van der Waals surface area (Å²) in [5, 5.41) is 0. The summed E-state index contributed by atoms with van der Waals surface area (Å²) >= 11 is 0. The summed E-state index contributed by atoms with van der Waals surface area (Å²) in [5.41, 5.74) is 2.19. The molecule has 1 N–H and O–H groups in total. The van der Waals surface area contributed by atoms with Crippen molar-refractivity contribution in [2.75, 3.05) is 35.8 Å². The fraction of sp³-hybridized carbons (Fsp3) is 0.294. The molecule has 0 spiro atoms. The molecule has 0 atom stereocenters. The van der Waals surface area contributed by atoms with E-state index in [0.717, 1.165) is 44.0 Å². The van der Waals surface area contributed by atoms with E-state index >= 15 is 0 Å². The van der Waals surface area contributed by atoms with E-state index in [1.807, 2.05) is 10.8 Å². The summed E-state index contributed by atoms with van der Waals surface area (Å²) in [6, 6.07) is 13.4. The molecule has 0 amide bonds. The van der Waals surface area contributed by atoms with Crippen LogP contribution in [0, 0.1) is 5.82 Å². The van der Waals surface area contributed by atoms with E-state index < -0.39 is 10.3 Å². The second-order valence-electron chi connectivity index (χ2n) is 6.00. The van der Waals surface area contributed by atoms with Crippen LogP contribution in [0.1, 0.15) is 5.56 Å². The van der Waals surface area contributed by atoms with Crippen molar-refractivity contribution >= 4 is 21.7 Å². The molecule has 2 aromatic carbocycles. The van der Waals surface area contributed by atoms with Gasteiger partial charge in [-0.3, -0.25) is 9.62 Å². The van der Waals surface area contributed by atoms with Crippen molar-refractivity contribution in [2.45, 2.75) is 6.54 Å². The standard InChI is InChI=1S/C17H20FN3O3S.Na/c18-15-3-1-2-14(12-15)13-20-8-10-21(11-9-20)17-6-4-16(5-7-17)19-25(22,23)24;/h1-7,12,19H,8-11,13H2,(H,22,23,24);/q;+1/p-1. The molecule has 134 valence electrons. The van der Waals surface area contributed by atoms with E-state index in [-0.39, 0.29) is 41.1 Å². The molecule has 1 heterocycles. The van der Waals surface area contributed by atoms with Crippen LogP contribution in [-0.4, -0.2) is 44.0 Å². The van der Waals surface area contributed by atoms with Crippen molar-refractivity contribution in [3.63, 3.8) is 0 Å². The summed E-state index contributed by atoms with van der Waals surface area (Å²) in [7, 11) is -4.50. The number of halogens is 1. The maximum absolute atomic E-state index is 13.3. The average Bonchev–Trinajstić information content (AvgIpc) is 2.55. The van der Waals surface area contributed by atoms with Gasteiger partial charge >= 0.3 is 29.6 Å². The minimum absolute atomic E-state index is 0. The predicted molar refractivity (Wildman–Crippen MR) is 93.7 cm³/mol. The molecule has 9 heteroatoms. The van der Waals surface area contributed by atoms with Gasteiger partial charge in [-0.25, -0.2) is 12.8 Å². The number of nitrogens with one attached hydrogen (secondary N) is 1. The van der Waals surface area contributed by atoms with Crippen molar-refractivity contribution < 1.29 is 46.9 Å². The second-order valence-corrected chi connectivity index (χ2v) is 7.11. The molecule has 6 nitrogen and oxygen atoms in total. The zero-order valence-electron chi connectivity index (χ0n) is 14.6. The molecule has 26 heavy (non-hydrogen) atoms. The first-order valence-electron chi connectivity index (χ1n) is 7.94. The maximum atomic E-state index is 13.3. The van der Waals surface area contributed by atoms with Crippen LogP contribution in [0.3, 0.4) is 0 Å². The minimum Gasteiger partial charge on any atom is -0.731 e. The van der Waals surface area contributed by atoms with Gasteiger partial charge in [-0.05, 0) is 42.0 Å². The normalized spacial score (nSPS) is 15.4. The third-order valence-corrected chi connectivity index (χ3v) is 4.63. The molecule has 0 aromatic heterocycles. The van der Waals surface area contributed by atoms with Crippen molar-refractivity contribution in [1.29, 1.82) is 0 Å². The molecule has 0 bridgehead atoms. The summed E-state index contributed by atoms with van der Waals surface area (Å²) in [6.45, 7) is 4.07. The van der Waals surface area contributed by atoms with E-state index in [9.17, 15) is 17.4 Å². The molecule has 1 aliphatic heterocycles. The smallest absolute Gasteiger partial charge is 0.731 e. The Morgan fingerprint density at radius 2 is 1.69 bits per heavy atom. The largest absolute Gasteiger partial charge is 1.00 e. The Labute approximate surface area is 175 Å². The maximum Gasteiger partial charge on any atom is 1.00 e. The van der Waals surface area contributed by atoms with Crippen LogP contribution in [0.15, 0.2) is 48.5 Å². The van der Waals surface area contributed by atoms with Gasteiger partial charge in [0.15, 0.2) is 10.3 Å². The number of piperazine rings is 1. The van der Waals surface area contributed by atoms with Crippen LogP contribution in [0.4, 0.5) is 15.8 Å². The monoisotopic (exact) mass is 387 g/mol. The summed E-state index contributed by atoms with van der Waals surface area (Å²) in [4.78, 5) is 4.46. The molecule has 0 aliphatic carbocycles. The van der Waals surface area contributed by atoms with Gasteiger partial charge in [0.2, 0.25) is 0 Å². The SMILES string of the molecule is O=S(=O)([O-])Nc1ccc(N2CCN(Cc3cccc(F)c3)CC2)cc1.[Na+]. The second kappa shape index (κ2) is 9.16. The van der Waals surface area contributed by atoms with E-state index in [2.05, 4.69) is 9.80 Å². The van der Waals surface area contributed by atoms with Crippen LogP contribution < -0.4 is 39.2 Å². The predicted octanol–water partition coefficient (Wildman–Crippen LogP) is -0.976. The molecule has 0 saturated carbocycles. The fourth-order valence-corrected chi connectivity index (χ4v) is 3.37. The number of hydrogen-bond acceptors (Lipinski definition) is 5. The quantitative estimate of drug-likeness (QED) is 0.528. The molecule has 1 aliphatic rings. The molecule has 2 aromatic rings. The number of benzene rings is 2. The summed E-state index contributed by atoms with van der Waals surface area (Å²) < 4.78 is 47.2. The molecular weight excluding hydrogens is 368 g/mol. The Kier molecular flexibility index (Phi) is 7.45. The molecule has 0 radical (unpaired) electrons. The molecule has 0 unspecified atom stereocenters. The van der Waals surface area contributed by atoms with E-state index in [1.165, 1.54) is 6.07 Å². The first-order chi connectivity index (χ1) is 11.9. The fourth-order valence-electron chi connectivity index (χ4n) is 2.94. The number of hydrogen-bond donors (Lipinski definition) is 1. The first-order valence-corrected chi connectivity index (χ1v) is 9.35. The van der Waals surface area contributed by atoms with Gasteiger partial charge in [0.25, 0.3) is 0 Å². The molecule has 1 saturated heterocycles. The number of rotatable bonds is 5. The van der Waals surface area contributed by atoms with Crippen LogP contribution in [0.25, 0.3) is 0 Å². The Bertz CT molecular complexity index is 825. The molecular formula is C17H19FN3NaO3S. The summed E-state index contributed by atoms with van der Waals surface area (Å²) in [5.74, 6) is -0.218. The van der Waals surface area contributed by atoms with Gasteiger partial charge in [-0.15, -0.1) is 0 Å². The Balaban J connectivity index is 0.00000243. The topological polar surface area (TPSA) is 75.7 Å². The van der Waals surface area contributed by atoms with Crippen molar-refractivity contribution in [3.05, 3.63) is 59.9 Å². The van der Waals surface area contributed by atoms with Gasteiger partial charge in [0.05, 0.1) is 0 Å². The van der Waals surface area contributed by atoms with Crippen LogP contribution in [0.5, 0.6) is 0 Å². The Hall–Kier alpha value is -1.16. The third kappa shape index (κ3) is 6.22. The van der Waals surface area contributed by atoms with E-state index in [1.54, 1.807) is 36.4 Å². The van der Waals surface area contributed by atoms with Crippen LogP contribution in [0.2, 0.25) is 0 Å². The van der Waals surface area contributed by atoms with Gasteiger partial charge in [0, 0.05) is 44.1 Å². The van der Waals surface area contributed by atoms with Gasteiger partial charge in [0.1, 0.15) is 5.82 Å². The average molecular weight is 387 g/mol. The minimum atomic E-state index is -4.50. The van der Waals surface area contributed by atoms with Gasteiger partial charge in [-0.1, -0.05) is 12.1 Å². The Morgan fingerprint density at radius 1 is 1.04 bits per heavy atom.